The van der Waals surface area contributed by atoms with E-state index >= 15 is 0 Å². The molecule has 0 unspecified atom stereocenters. The van der Waals surface area contributed by atoms with Crippen molar-refractivity contribution in [2.24, 2.45) is 5.73 Å². The lowest BCUT2D eigenvalue weighted by Gasteiger charge is -2.28. The Hall–Kier alpha value is -1.60. The monoisotopic (exact) mass is 309 g/mol. The molecule has 114 valence electrons. The van der Waals surface area contributed by atoms with E-state index in [1.54, 1.807) is 18.4 Å². The number of nitro groups is 1. The second-order valence-electron chi connectivity index (χ2n) is 5.29. The van der Waals surface area contributed by atoms with Crippen molar-refractivity contribution in [1.82, 2.24) is 5.32 Å². The van der Waals surface area contributed by atoms with Gasteiger partial charge < -0.3 is 11.1 Å². The molecule has 0 aliphatic heterocycles. The third-order valence-electron chi connectivity index (χ3n) is 3.97. The summed E-state index contributed by atoms with van der Waals surface area (Å²) in [5, 5.41) is 14.0. The summed E-state index contributed by atoms with van der Waals surface area (Å²) in [5.41, 5.74) is 5.70. The lowest BCUT2D eigenvalue weighted by Crippen LogP contribution is -2.51. The lowest BCUT2D eigenvalue weighted by atomic mass is 9.97. The van der Waals surface area contributed by atoms with Gasteiger partial charge in [-0.25, -0.2) is 0 Å². The topological polar surface area (TPSA) is 98.3 Å². The zero-order valence-electron chi connectivity index (χ0n) is 11.9. The Morgan fingerprint density at radius 3 is 2.67 bits per heavy atom. The van der Waals surface area contributed by atoms with Gasteiger partial charge in [-0.15, -0.1) is 11.8 Å². The first-order valence-corrected chi connectivity index (χ1v) is 8.09. The third-order valence-corrected chi connectivity index (χ3v) is 4.75. The first kappa shape index (κ1) is 15.8. The summed E-state index contributed by atoms with van der Waals surface area (Å²) >= 11 is 1.29. The van der Waals surface area contributed by atoms with Crippen molar-refractivity contribution in [3.63, 3.8) is 0 Å². The van der Waals surface area contributed by atoms with Crippen LogP contribution in [0, 0.1) is 10.1 Å². The molecule has 6 nitrogen and oxygen atoms in total. The number of hydrogen-bond donors (Lipinski definition) is 2. The molecule has 0 bridgehead atoms. The van der Waals surface area contributed by atoms with E-state index in [1.807, 2.05) is 0 Å². The van der Waals surface area contributed by atoms with Gasteiger partial charge in [-0.3, -0.25) is 14.9 Å². The smallest absolute Gasteiger partial charge is 0.283 e. The summed E-state index contributed by atoms with van der Waals surface area (Å²) in [5.74, 6) is -0.293. The molecule has 0 heterocycles. The minimum atomic E-state index is -0.461. The molecule has 1 amide bonds. The summed E-state index contributed by atoms with van der Waals surface area (Å²) < 4.78 is 0. The number of rotatable bonds is 5. The Bertz CT molecular complexity index is 556. The molecule has 0 saturated heterocycles. The highest BCUT2D eigenvalue weighted by Gasteiger charge is 2.34. The van der Waals surface area contributed by atoms with Gasteiger partial charge in [0.1, 0.15) is 0 Å². The molecule has 1 saturated carbocycles. The minimum Gasteiger partial charge on any atom is -0.345 e. The Kier molecular flexibility index (Phi) is 4.84. The van der Waals surface area contributed by atoms with Gasteiger partial charge >= 0.3 is 0 Å². The van der Waals surface area contributed by atoms with Gasteiger partial charge in [0.15, 0.2) is 0 Å². The summed E-state index contributed by atoms with van der Waals surface area (Å²) in [4.78, 5) is 23.5. The number of nitrogens with zero attached hydrogens (tertiary/aromatic N) is 1. The Morgan fingerprint density at radius 1 is 1.48 bits per heavy atom. The van der Waals surface area contributed by atoms with E-state index in [1.165, 1.54) is 17.8 Å². The van der Waals surface area contributed by atoms with Gasteiger partial charge in [0.25, 0.3) is 11.6 Å². The van der Waals surface area contributed by atoms with E-state index < -0.39 is 4.92 Å². The number of nitrogens with two attached hydrogens (primary N) is 1. The van der Waals surface area contributed by atoms with Crippen LogP contribution >= 0.6 is 11.8 Å². The lowest BCUT2D eigenvalue weighted by molar-refractivity contribution is -0.387. The van der Waals surface area contributed by atoms with Crippen molar-refractivity contribution in [3.8, 4) is 0 Å². The molecule has 0 atom stereocenters. The number of amides is 1. The highest BCUT2D eigenvalue weighted by Crippen LogP contribution is 2.31. The third kappa shape index (κ3) is 3.36. The molecule has 7 heteroatoms. The maximum Gasteiger partial charge on any atom is 0.283 e. The zero-order valence-corrected chi connectivity index (χ0v) is 12.7. The Balaban J connectivity index is 2.23. The second-order valence-corrected chi connectivity index (χ2v) is 6.14. The van der Waals surface area contributed by atoms with Crippen LogP contribution in [0.3, 0.4) is 0 Å². The average Bonchev–Trinajstić information content (AvgIpc) is 2.95. The van der Waals surface area contributed by atoms with Crippen molar-refractivity contribution < 1.29 is 9.72 Å². The van der Waals surface area contributed by atoms with Gasteiger partial charge in [0.05, 0.1) is 15.4 Å². The van der Waals surface area contributed by atoms with Gasteiger partial charge in [0, 0.05) is 18.2 Å². The van der Waals surface area contributed by atoms with E-state index in [0.717, 1.165) is 25.7 Å². The van der Waals surface area contributed by atoms with Crippen LogP contribution in [0.15, 0.2) is 23.1 Å². The predicted molar refractivity (Wildman–Crippen MR) is 82.6 cm³/mol. The van der Waals surface area contributed by atoms with Gasteiger partial charge in [-0.2, -0.15) is 0 Å². The van der Waals surface area contributed by atoms with Crippen molar-refractivity contribution in [3.05, 3.63) is 33.9 Å². The largest absolute Gasteiger partial charge is 0.345 e. The molecule has 0 spiro atoms. The molecular formula is C14H19N3O3S. The van der Waals surface area contributed by atoms with Crippen molar-refractivity contribution in [1.29, 1.82) is 0 Å². The molecule has 1 fully saturated rings. The van der Waals surface area contributed by atoms with Crippen molar-refractivity contribution in [2.45, 2.75) is 36.1 Å². The van der Waals surface area contributed by atoms with Crippen LogP contribution in [0.4, 0.5) is 5.69 Å². The van der Waals surface area contributed by atoms with Gasteiger partial charge in [-0.1, -0.05) is 12.8 Å². The highest BCUT2D eigenvalue weighted by atomic mass is 32.2. The summed E-state index contributed by atoms with van der Waals surface area (Å²) in [6.07, 6.45) is 5.58. The molecule has 1 aliphatic rings. The number of carbonyl (C=O) groups is 1. The number of carbonyl (C=O) groups excluding carboxylic acids is 1. The Morgan fingerprint density at radius 2 is 2.14 bits per heavy atom. The first-order valence-electron chi connectivity index (χ1n) is 6.86. The maximum absolute atomic E-state index is 12.3. The molecule has 1 aromatic carbocycles. The molecule has 0 radical (unpaired) electrons. The first-order chi connectivity index (χ1) is 10.0. The quantitative estimate of drug-likeness (QED) is 0.494. The van der Waals surface area contributed by atoms with Crippen LogP contribution < -0.4 is 11.1 Å². The molecule has 3 N–H and O–H groups in total. The highest BCUT2D eigenvalue weighted by molar-refractivity contribution is 7.98. The van der Waals surface area contributed by atoms with E-state index in [9.17, 15) is 14.9 Å². The SMILES string of the molecule is CSc1ccc(C(=O)NC2(CN)CCCC2)cc1[N+](=O)[O-]. The number of nitrogens with one attached hydrogen (secondary N) is 1. The molecule has 1 aromatic rings. The normalized spacial score (nSPS) is 16.7. The number of benzene rings is 1. The van der Waals surface area contributed by atoms with E-state index in [-0.39, 0.29) is 17.1 Å². The molecule has 0 aromatic heterocycles. The van der Waals surface area contributed by atoms with Crippen LogP contribution in [0.1, 0.15) is 36.0 Å². The van der Waals surface area contributed by atoms with E-state index in [2.05, 4.69) is 5.32 Å². The zero-order chi connectivity index (χ0) is 15.5. The summed E-state index contributed by atoms with van der Waals surface area (Å²) in [7, 11) is 0. The van der Waals surface area contributed by atoms with Gasteiger partial charge in [0.2, 0.25) is 0 Å². The van der Waals surface area contributed by atoms with E-state index in [4.69, 9.17) is 5.73 Å². The molecular weight excluding hydrogens is 290 g/mol. The fourth-order valence-electron chi connectivity index (χ4n) is 2.72. The molecule has 1 aliphatic carbocycles. The van der Waals surface area contributed by atoms with Crippen LogP contribution in [0.2, 0.25) is 0 Å². The maximum atomic E-state index is 12.3. The number of nitro benzene ring substituents is 1. The van der Waals surface area contributed by atoms with Crippen molar-refractivity contribution >= 4 is 23.4 Å². The minimum absolute atomic E-state index is 0.0385. The summed E-state index contributed by atoms with van der Waals surface area (Å²) in [6.45, 7) is 0.393. The van der Waals surface area contributed by atoms with Crippen LogP contribution in [-0.2, 0) is 0 Å². The number of hydrogen-bond acceptors (Lipinski definition) is 5. The van der Waals surface area contributed by atoms with E-state index in [0.29, 0.717) is 17.0 Å². The number of thioether (sulfide) groups is 1. The summed E-state index contributed by atoms with van der Waals surface area (Å²) in [6, 6.07) is 4.56. The van der Waals surface area contributed by atoms with Crippen LogP contribution in [-0.4, -0.2) is 29.2 Å². The Labute approximate surface area is 127 Å². The van der Waals surface area contributed by atoms with Crippen LogP contribution in [0.25, 0.3) is 0 Å². The fourth-order valence-corrected chi connectivity index (χ4v) is 3.27. The van der Waals surface area contributed by atoms with Crippen LogP contribution in [0.5, 0.6) is 0 Å². The molecule has 21 heavy (non-hydrogen) atoms. The fraction of sp³-hybridized carbons (Fsp3) is 0.500. The molecule has 2 rings (SSSR count). The van der Waals surface area contributed by atoms with Gasteiger partial charge in [-0.05, 0) is 31.2 Å². The van der Waals surface area contributed by atoms with Crippen molar-refractivity contribution in [2.75, 3.05) is 12.8 Å². The predicted octanol–water partition coefficient (Wildman–Crippen LogP) is 2.32. The average molecular weight is 309 g/mol. The second kappa shape index (κ2) is 6.44. The standard InChI is InChI=1S/C14H19N3O3S/c1-21-12-5-4-10(8-11(12)17(19)20)13(18)16-14(9-15)6-2-3-7-14/h4-5,8H,2-3,6-7,9,15H2,1H3,(H,16,18).